The number of benzene rings is 6. The molecule has 6 rings (SSSR count). The summed E-state index contributed by atoms with van der Waals surface area (Å²) >= 11 is 0. The van der Waals surface area contributed by atoms with Gasteiger partial charge in [0, 0.05) is 50.4 Å². The zero-order valence-corrected chi connectivity index (χ0v) is 37.6. The summed E-state index contributed by atoms with van der Waals surface area (Å²) in [7, 11) is 0. The Morgan fingerprint density at radius 1 is 0.485 bits per heavy atom. The molecule has 2 atom stereocenters. The molecule has 346 valence electrons. The number of amides is 4. The Morgan fingerprint density at radius 2 is 0.833 bits per heavy atom. The average Bonchev–Trinajstić information content (AvgIpc) is 3.33. The van der Waals surface area contributed by atoms with Gasteiger partial charge in [-0.25, -0.2) is 9.59 Å². The third-order valence-corrected chi connectivity index (χ3v) is 11.4. The largest absolute Gasteiger partial charge is 0.489 e. The van der Waals surface area contributed by atoms with E-state index in [1.54, 1.807) is 0 Å². The van der Waals surface area contributed by atoms with Gasteiger partial charge in [0.15, 0.2) is 0 Å². The second kappa shape index (κ2) is 26.3. The molecule has 0 saturated carbocycles. The van der Waals surface area contributed by atoms with Gasteiger partial charge in [0.1, 0.15) is 24.7 Å². The molecular weight excluding hydrogens is 829 g/mol. The molecule has 0 radical (unpaired) electrons. The van der Waals surface area contributed by atoms with Crippen LogP contribution in [0.1, 0.15) is 82.4 Å². The van der Waals surface area contributed by atoms with Crippen molar-refractivity contribution in [2.75, 3.05) is 26.2 Å². The number of carbonyl (C=O) groups excluding carboxylic acids is 2. The minimum Gasteiger partial charge on any atom is -0.489 e. The van der Waals surface area contributed by atoms with Crippen molar-refractivity contribution in [2.45, 2.75) is 77.3 Å². The maximum absolute atomic E-state index is 11.7. The molecule has 0 heterocycles. The van der Waals surface area contributed by atoms with Crippen LogP contribution in [0.5, 0.6) is 11.5 Å². The number of urea groups is 2. The highest BCUT2D eigenvalue weighted by atomic mass is 16.5. The third kappa shape index (κ3) is 16.7. The number of unbranched alkanes of at least 4 members (excludes halogenated alkanes) is 3. The van der Waals surface area contributed by atoms with Gasteiger partial charge in [-0.1, -0.05) is 146 Å². The highest BCUT2D eigenvalue weighted by Crippen LogP contribution is 2.28. The van der Waals surface area contributed by atoms with Gasteiger partial charge < -0.3 is 41.8 Å². The van der Waals surface area contributed by atoms with Crippen molar-refractivity contribution in [3.63, 3.8) is 0 Å². The Balaban J connectivity index is 1.06. The van der Waals surface area contributed by atoms with Crippen LogP contribution in [-0.2, 0) is 39.4 Å². The van der Waals surface area contributed by atoms with Gasteiger partial charge in [-0.15, -0.1) is 0 Å². The number of ether oxygens (including phenoxy) is 2. The van der Waals surface area contributed by atoms with Gasteiger partial charge in [0.05, 0.1) is 12.2 Å². The molecule has 0 spiro atoms. The summed E-state index contributed by atoms with van der Waals surface area (Å²) in [6, 6.07) is 50.2. The Bertz CT molecular complexity index is 2190. The van der Waals surface area contributed by atoms with Crippen LogP contribution in [0.3, 0.4) is 0 Å². The summed E-state index contributed by atoms with van der Waals surface area (Å²) in [4.78, 5) is 27.9. The summed E-state index contributed by atoms with van der Waals surface area (Å²) in [5.74, 6) is 1.23. The number of nitrogens with two attached hydrogens (primary N) is 2. The lowest BCUT2D eigenvalue weighted by Gasteiger charge is -2.27. The zero-order valence-electron chi connectivity index (χ0n) is 37.6. The topological polar surface area (TPSA) is 176 Å². The number of carbonyl (C=O) groups is 2. The Hall–Kier alpha value is -6.70. The molecule has 0 fully saturated rings. The van der Waals surface area contributed by atoms with Gasteiger partial charge >= 0.3 is 12.1 Å². The van der Waals surface area contributed by atoms with E-state index in [0.29, 0.717) is 50.9 Å². The lowest BCUT2D eigenvalue weighted by atomic mass is 10.0. The molecule has 6 aromatic rings. The minimum atomic E-state index is -0.782. The van der Waals surface area contributed by atoms with E-state index in [2.05, 4.69) is 44.7 Å². The van der Waals surface area contributed by atoms with Gasteiger partial charge in [0.2, 0.25) is 0 Å². The molecule has 12 nitrogen and oxygen atoms in total. The molecule has 8 N–H and O–H groups in total. The molecule has 0 aliphatic rings. The lowest BCUT2D eigenvalue weighted by Crippen LogP contribution is -2.30. The number of hydrogen-bond acceptors (Lipinski definition) is 8. The average molecular weight is 893 g/mol. The second-order valence-electron chi connectivity index (χ2n) is 16.6. The Morgan fingerprint density at radius 3 is 1.18 bits per heavy atom. The normalized spacial score (nSPS) is 12.1. The van der Waals surface area contributed by atoms with E-state index >= 15 is 0 Å². The monoisotopic (exact) mass is 892 g/mol. The number of aliphatic hydroxyl groups is 2. The van der Waals surface area contributed by atoms with E-state index in [9.17, 15) is 19.8 Å². The first-order chi connectivity index (χ1) is 32.2. The smallest absolute Gasteiger partial charge is 0.312 e. The summed E-state index contributed by atoms with van der Waals surface area (Å²) in [5, 5.41) is 28.6. The van der Waals surface area contributed by atoms with Crippen LogP contribution in [0, 0.1) is 0 Å². The molecular formula is C54H64N6O6. The highest BCUT2D eigenvalue weighted by molar-refractivity contribution is 5.72. The Kier molecular flexibility index (Phi) is 19.4. The zero-order chi connectivity index (χ0) is 46.4. The van der Waals surface area contributed by atoms with Crippen LogP contribution in [0.15, 0.2) is 158 Å². The first-order valence-corrected chi connectivity index (χ1v) is 22.7. The maximum Gasteiger partial charge on any atom is 0.312 e. The fourth-order valence-corrected chi connectivity index (χ4v) is 7.88. The van der Waals surface area contributed by atoms with E-state index in [0.717, 1.165) is 72.2 Å². The first kappa shape index (κ1) is 48.7. The van der Waals surface area contributed by atoms with Gasteiger partial charge in [-0.3, -0.25) is 9.80 Å². The molecule has 0 aliphatic carbocycles. The van der Waals surface area contributed by atoms with Crippen molar-refractivity contribution < 1.29 is 29.3 Å². The predicted molar refractivity (Wildman–Crippen MR) is 259 cm³/mol. The number of aliphatic hydroxyl groups excluding tert-OH is 2. The fourth-order valence-electron chi connectivity index (χ4n) is 7.88. The third-order valence-electron chi connectivity index (χ3n) is 11.4. The van der Waals surface area contributed by atoms with Crippen LogP contribution < -0.4 is 31.6 Å². The molecule has 0 aliphatic heterocycles. The van der Waals surface area contributed by atoms with Crippen LogP contribution in [0.4, 0.5) is 9.59 Å². The second-order valence-corrected chi connectivity index (χ2v) is 16.6. The maximum atomic E-state index is 11.7. The van der Waals surface area contributed by atoms with Crippen molar-refractivity contribution >= 4 is 12.1 Å². The predicted octanol–water partition coefficient (Wildman–Crippen LogP) is 8.51. The number of primary amides is 2. The summed E-state index contributed by atoms with van der Waals surface area (Å²) < 4.78 is 12.3. The van der Waals surface area contributed by atoms with Crippen molar-refractivity contribution in [3.05, 3.63) is 202 Å². The summed E-state index contributed by atoms with van der Waals surface area (Å²) in [6.45, 7) is 4.89. The van der Waals surface area contributed by atoms with Crippen molar-refractivity contribution in [1.82, 2.24) is 20.4 Å². The summed E-state index contributed by atoms with van der Waals surface area (Å²) in [6.07, 6.45) is 2.33. The lowest BCUT2D eigenvalue weighted by molar-refractivity contribution is 0.105. The number of nitrogens with zero attached hydrogens (tertiary/aromatic N) is 2. The molecule has 0 bridgehead atoms. The minimum absolute atomic E-state index is 0.171. The van der Waals surface area contributed by atoms with Gasteiger partial charge in [-0.2, -0.15) is 0 Å². The number of nitrogens with one attached hydrogen (secondary N) is 2. The molecule has 6 aromatic carbocycles. The quantitative estimate of drug-likeness (QED) is 0.0279. The van der Waals surface area contributed by atoms with Crippen molar-refractivity contribution in [1.29, 1.82) is 0 Å². The standard InChI is InChI=1S/C54H64N6O6/c55-53(63)57-33-47-31-45(25-27-51(47)65-39-43-21-11-5-12-22-43)49(61)37-59(35-41-17-7-3-8-18-41)29-15-1-2-16-30-60(36-42-19-9-4-10-20-42)38-50(62)46-26-28-52(48(32-46)34-58-54(56)64)66-40-44-23-13-6-14-24-44/h3-14,17-28,31-32,49-50,61-62H,1-2,15-16,29-30,33-40H2,(H3,55,57,63)(H3,56,58,64). The molecule has 12 heteroatoms. The van der Waals surface area contributed by atoms with Crippen LogP contribution >= 0.6 is 0 Å². The van der Waals surface area contributed by atoms with Crippen LogP contribution in [-0.4, -0.2) is 58.3 Å². The van der Waals surface area contributed by atoms with E-state index in [4.69, 9.17) is 20.9 Å². The van der Waals surface area contributed by atoms with Crippen molar-refractivity contribution in [2.24, 2.45) is 11.5 Å². The molecule has 2 unspecified atom stereocenters. The highest BCUT2D eigenvalue weighted by Gasteiger charge is 2.19. The fraction of sp³-hybridized carbons (Fsp3) is 0.296. The first-order valence-electron chi connectivity index (χ1n) is 22.7. The molecule has 0 aromatic heterocycles. The number of rotatable bonds is 27. The van der Waals surface area contributed by atoms with Gasteiger partial charge in [-0.05, 0) is 83.6 Å². The SMILES string of the molecule is NC(=O)NCc1cc(C(O)CN(CCCCCCN(Cc2ccccc2)CC(O)c2ccc(OCc3ccccc3)c(CNC(N)=O)c2)Cc2ccccc2)ccc1OCc1ccccc1. The molecule has 4 amide bonds. The van der Waals surface area contributed by atoms with Crippen LogP contribution in [0.2, 0.25) is 0 Å². The molecule has 66 heavy (non-hydrogen) atoms. The van der Waals surface area contributed by atoms with E-state index in [1.165, 1.54) is 11.1 Å². The molecule has 0 saturated heterocycles. The van der Waals surface area contributed by atoms with Crippen molar-refractivity contribution in [3.8, 4) is 11.5 Å². The van der Waals surface area contributed by atoms with E-state index < -0.39 is 24.3 Å². The van der Waals surface area contributed by atoms with Crippen LogP contribution in [0.25, 0.3) is 0 Å². The van der Waals surface area contributed by atoms with E-state index in [-0.39, 0.29) is 13.1 Å². The van der Waals surface area contributed by atoms with Gasteiger partial charge in [0.25, 0.3) is 0 Å². The van der Waals surface area contributed by atoms with E-state index in [1.807, 2.05) is 133 Å². The summed E-state index contributed by atoms with van der Waals surface area (Å²) in [5.41, 5.74) is 18.1. The number of hydrogen-bond donors (Lipinski definition) is 6. The Labute approximate surface area is 389 Å².